The SMILES string of the molecule is COc1cc(OC)c(C2C(C#N)=C(N)Oc3cc(C)n(Cc4cccs4)c(=O)c32)cc1OC. The van der Waals surface area contributed by atoms with E-state index in [1.807, 2.05) is 24.4 Å². The van der Waals surface area contributed by atoms with Gasteiger partial charge in [-0.15, -0.1) is 11.3 Å². The minimum atomic E-state index is -0.809. The third-order valence-corrected chi connectivity index (χ3v) is 6.49. The molecule has 9 heteroatoms. The van der Waals surface area contributed by atoms with Crippen molar-refractivity contribution in [3.63, 3.8) is 0 Å². The van der Waals surface area contributed by atoms with E-state index in [4.69, 9.17) is 24.7 Å². The van der Waals surface area contributed by atoms with Crippen molar-refractivity contribution in [3.8, 4) is 29.1 Å². The predicted octanol–water partition coefficient (Wildman–Crippen LogP) is 3.51. The first-order chi connectivity index (χ1) is 15.9. The van der Waals surface area contributed by atoms with E-state index in [1.165, 1.54) is 21.3 Å². The molecule has 2 aromatic heterocycles. The van der Waals surface area contributed by atoms with Gasteiger partial charge >= 0.3 is 0 Å². The fourth-order valence-electron chi connectivity index (χ4n) is 4.03. The highest BCUT2D eigenvalue weighted by Crippen LogP contribution is 2.46. The molecule has 3 aromatic rings. The lowest BCUT2D eigenvalue weighted by Crippen LogP contribution is -2.33. The third-order valence-electron chi connectivity index (χ3n) is 5.63. The lowest BCUT2D eigenvalue weighted by Gasteiger charge is -2.28. The summed E-state index contributed by atoms with van der Waals surface area (Å²) in [6, 6.07) is 11.2. The van der Waals surface area contributed by atoms with Crippen molar-refractivity contribution in [3.05, 3.63) is 79.2 Å². The van der Waals surface area contributed by atoms with Crippen molar-refractivity contribution >= 4 is 11.3 Å². The van der Waals surface area contributed by atoms with Crippen LogP contribution >= 0.6 is 11.3 Å². The summed E-state index contributed by atoms with van der Waals surface area (Å²) in [7, 11) is 4.54. The molecule has 2 N–H and O–H groups in total. The van der Waals surface area contributed by atoms with Gasteiger partial charge in [-0.3, -0.25) is 4.79 Å². The number of hydrogen-bond acceptors (Lipinski definition) is 8. The summed E-state index contributed by atoms with van der Waals surface area (Å²) >= 11 is 1.57. The Balaban J connectivity index is 2.00. The van der Waals surface area contributed by atoms with Gasteiger partial charge in [0.25, 0.3) is 5.56 Å². The van der Waals surface area contributed by atoms with Crippen molar-refractivity contribution in [2.24, 2.45) is 5.73 Å². The number of nitrogens with two attached hydrogens (primary N) is 1. The Morgan fingerprint density at radius 2 is 1.85 bits per heavy atom. The monoisotopic (exact) mass is 465 g/mol. The molecule has 0 amide bonds. The van der Waals surface area contributed by atoms with Gasteiger partial charge in [-0.2, -0.15) is 5.26 Å². The quantitative estimate of drug-likeness (QED) is 0.593. The van der Waals surface area contributed by atoms with E-state index >= 15 is 0 Å². The number of aryl methyl sites for hydroxylation is 1. The van der Waals surface area contributed by atoms with Crippen LogP contribution in [-0.2, 0) is 6.54 Å². The first-order valence-corrected chi connectivity index (χ1v) is 11.0. The number of allylic oxidation sites excluding steroid dienone is 1. The van der Waals surface area contributed by atoms with Crippen molar-refractivity contribution in [1.82, 2.24) is 4.57 Å². The van der Waals surface area contributed by atoms with Crippen molar-refractivity contribution in [1.29, 1.82) is 5.26 Å². The number of aromatic nitrogens is 1. The number of nitrogens with zero attached hydrogens (tertiary/aromatic N) is 2. The lowest BCUT2D eigenvalue weighted by atomic mass is 9.83. The van der Waals surface area contributed by atoms with Gasteiger partial charge in [0.15, 0.2) is 11.5 Å². The second-order valence-electron chi connectivity index (χ2n) is 7.41. The Morgan fingerprint density at radius 3 is 2.45 bits per heavy atom. The van der Waals surface area contributed by atoms with Gasteiger partial charge in [0.1, 0.15) is 23.1 Å². The summed E-state index contributed by atoms with van der Waals surface area (Å²) in [5, 5.41) is 11.9. The molecule has 1 aliphatic rings. The number of benzene rings is 1. The van der Waals surface area contributed by atoms with Crippen LogP contribution in [0, 0.1) is 18.3 Å². The second kappa shape index (κ2) is 8.92. The molecule has 0 aliphatic carbocycles. The number of fused-ring (bicyclic) bond motifs is 1. The fraction of sp³-hybridized carbons (Fsp3) is 0.250. The van der Waals surface area contributed by atoms with Crippen LogP contribution in [0.4, 0.5) is 0 Å². The highest BCUT2D eigenvalue weighted by atomic mass is 32.1. The first kappa shape index (κ1) is 22.3. The maximum absolute atomic E-state index is 13.8. The fourth-order valence-corrected chi connectivity index (χ4v) is 4.72. The molecule has 4 rings (SSSR count). The van der Waals surface area contributed by atoms with Crippen LogP contribution in [0.3, 0.4) is 0 Å². The Kier molecular flexibility index (Phi) is 6.03. The molecule has 0 spiro atoms. The maximum atomic E-state index is 13.8. The zero-order valence-electron chi connectivity index (χ0n) is 18.7. The van der Waals surface area contributed by atoms with Crippen LogP contribution in [-0.4, -0.2) is 25.9 Å². The van der Waals surface area contributed by atoms with E-state index in [0.29, 0.717) is 40.7 Å². The molecule has 1 aliphatic heterocycles. The first-order valence-electron chi connectivity index (χ1n) is 10.1. The van der Waals surface area contributed by atoms with E-state index < -0.39 is 5.92 Å². The van der Waals surface area contributed by atoms with Gasteiger partial charge in [0, 0.05) is 28.3 Å². The minimum absolute atomic E-state index is 0.0540. The van der Waals surface area contributed by atoms with Crippen molar-refractivity contribution < 1.29 is 18.9 Å². The number of pyridine rings is 1. The van der Waals surface area contributed by atoms with Gasteiger partial charge in [-0.1, -0.05) is 6.07 Å². The average molecular weight is 466 g/mol. The molecule has 3 heterocycles. The van der Waals surface area contributed by atoms with Crippen LogP contribution in [0.15, 0.2) is 52.0 Å². The molecule has 1 aromatic carbocycles. The predicted molar refractivity (Wildman–Crippen MR) is 124 cm³/mol. The molecule has 0 bridgehead atoms. The summed E-state index contributed by atoms with van der Waals surface area (Å²) < 4.78 is 23.9. The number of nitriles is 1. The summed E-state index contributed by atoms with van der Waals surface area (Å²) in [6.07, 6.45) is 0. The maximum Gasteiger partial charge on any atom is 0.259 e. The molecule has 0 saturated heterocycles. The van der Waals surface area contributed by atoms with Crippen molar-refractivity contribution in [2.75, 3.05) is 21.3 Å². The molecule has 33 heavy (non-hydrogen) atoms. The standard InChI is InChI=1S/C24H23N3O5S/c1-13-8-20-22(24(28)27(13)12-14-6-5-7-33-14)21(16(11-25)23(26)32-20)15-9-18(30-3)19(31-4)10-17(15)29-2/h5-10,21H,12,26H2,1-4H3. The van der Waals surface area contributed by atoms with Gasteiger partial charge in [0.2, 0.25) is 5.88 Å². The number of hydrogen-bond donors (Lipinski definition) is 1. The Morgan fingerprint density at radius 1 is 1.15 bits per heavy atom. The largest absolute Gasteiger partial charge is 0.496 e. The molecule has 8 nitrogen and oxygen atoms in total. The van der Waals surface area contributed by atoms with E-state index in [1.54, 1.807) is 34.1 Å². The highest BCUT2D eigenvalue weighted by Gasteiger charge is 2.36. The lowest BCUT2D eigenvalue weighted by molar-refractivity contribution is 0.346. The molecule has 1 unspecified atom stereocenters. The third kappa shape index (κ3) is 3.79. The molecule has 0 saturated carbocycles. The number of methoxy groups -OCH3 is 3. The molecule has 0 radical (unpaired) electrons. The normalized spacial score (nSPS) is 14.8. The van der Waals surface area contributed by atoms with Crippen LogP contribution in [0.5, 0.6) is 23.0 Å². The average Bonchev–Trinajstić information content (AvgIpc) is 3.33. The van der Waals surface area contributed by atoms with Gasteiger partial charge in [0.05, 0.1) is 39.4 Å². The van der Waals surface area contributed by atoms with Gasteiger partial charge in [-0.25, -0.2) is 0 Å². The molecule has 170 valence electrons. The topological polar surface area (TPSA) is 109 Å². The summed E-state index contributed by atoms with van der Waals surface area (Å²) in [5.74, 6) is 0.773. The van der Waals surface area contributed by atoms with Crippen LogP contribution in [0.2, 0.25) is 0 Å². The van der Waals surface area contributed by atoms with Gasteiger partial charge in [-0.05, 0) is 24.4 Å². The van der Waals surface area contributed by atoms with E-state index in [9.17, 15) is 10.1 Å². The second-order valence-corrected chi connectivity index (χ2v) is 8.44. The molecule has 0 fully saturated rings. The highest BCUT2D eigenvalue weighted by molar-refractivity contribution is 7.09. The summed E-state index contributed by atoms with van der Waals surface area (Å²) in [5.41, 5.74) is 7.57. The Bertz CT molecular complexity index is 1340. The van der Waals surface area contributed by atoms with Crippen molar-refractivity contribution in [2.45, 2.75) is 19.4 Å². The van der Waals surface area contributed by atoms with Crippen LogP contribution < -0.4 is 30.2 Å². The Labute approximate surface area is 195 Å². The number of thiophene rings is 1. The Hall–Kier alpha value is -3.90. The van der Waals surface area contributed by atoms with E-state index in [2.05, 4.69) is 6.07 Å². The summed E-state index contributed by atoms with van der Waals surface area (Å²) in [6.45, 7) is 2.25. The molecule has 1 atom stereocenters. The zero-order chi connectivity index (χ0) is 23.7. The minimum Gasteiger partial charge on any atom is -0.496 e. The van der Waals surface area contributed by atoms with Gasteiger partial charge < -0.3 is 29.2 Å². The van der Waals surface area contributed by atoms with Crippen LogP contribution in [0.1, 0.15) is 27.6 Å². The van der Waals surface area contributed by atoms with Crippen LogP contribution in [0.25, 0.3) is 0 Å². The van der Waals surface area contributed by atoms with E-state index in [0.717, 1.165) is 10.6 Å². The molecular formula is C24H23N3O5S. The summed E-state index contributed by atoms with van der Waals surface area (Å²) in [4.78, 5) is 14.8. The van der Waals surface area contributed by atoms with E-state index in [-0.39, 0.29) is 17.0 Å². The smallest absolute Gasteiger partial charge is 0.259 e. The number of rotatable bonds is 6. The molecular weight excluding hydrogens is 442 g/mol. The zero-order valence-corrected chi connectivity index (χ0v) is 19.5. The number of ether oxygens (including phenoxy) is 4.